The Morgan fingerprint density at radius 1 is 1.80 bits per heavy atom. The van der Waals surface area contributed by atoms with Gasteiger partial charge in [-0.25, -0.2) is 4.98 Å². The van der Waals surface area contributed by atoms with Crippen LogP contribution in [0, 0.1) is 21.4 Å². The minimum absolute atomic E-state index is 0.156. The lowest BCUT2D eigenvalue weighted by Gasteiger charge is -1.84. The third-order valence-electron chi connectivity index (χ3n) is 0.994. The molecule has 0 fully saturated rings. The number of aromatic amines is 1. The molecule has 0 spiro atoms. The second kappa shape index (κ2) is 2.19. The summed E-state index contributed by atoms with van der Waals surface area (Å²) in [6.07, 6.45) is 1.29. The lowest BCUT2D eigenvalue weighted by atomic mass is 10.4. The fourth-order valence-electron chi connectivity index (χ4n) is 0.552. The van der Waals surface area contributed by atoms with Crippen LogP contribution >= 0.6 is 0 Å². The molecule has 1 heterocycles. The van der Waals surface area contributed by atoms with E-state index < -0.39 is 4.92 Å². The van der Waals surface area contributed by atoms with Crippen molar-refractivity contribution in [2.45, 2.75) is 0 Å². The fourth-order valence-corrected chi connectivity index (χ4v) is 0.552. The fraction of sp³-hybridized carbons (Fsp3) is 0. The number of nitrogens with zero attached hydrogens (tertiary/aromatic N) is 2. The van der Waals surface area contributed by atoms with Gasteiger partial charge >= 0.3 is 5.82 Å². The lowest BCUT2D eigenvalue weighted by Crippen LogP contribution is -1.85. The molecule has 0 saturated carbocycles. The monoisotopic (exact) mass is 137 g/mol. The maximum atomic E-state index is 10.00. The first kappa shape index (κ1) is 6.29. The van der Waals surface area contributed by atoms with Crippen molar-refractivity contribution in [1.29, 1.82) is 5.26 Å². The van der Waals surface area contributed by atoms with Gasteiger partial charge in [0.05, 0.1) is 11.6 Å². The molecule has 5 nitrogen and oxygen atoms in total. The topological polar surface area (TPSA) is 82.7 Å². The van der Waals surface area contributed by atoms with E-state index >= 15 is 0 Å². The summed E-state index contributed by atoms with van der Waals surface area (Å²) in [5.74, 6) is -0.156. The van der Waals surface area contributed by atoms with E-state index in [4.69, 9.17) is 5.26 Å². The lowest BCUT2D eigenvalue weighted by molar-refractivity contribution is -0.389. The van der Waals surface area contributed by atoms with E-state index in [-0.39, 0.29) is 11.4 Å². The van der Waals surface area contributed by atoms with Gasteiger partial charge in [0.1, 0.15) is 12.3 Å². The molecule has 1 aromatic heterocycles. The molecule has 1 rings (SSSR count). The zero-order chi connectivity index (χ0) is 7.56. The summed E-state index contributed by atoms with van der Waals surface area (Å²) in [7, 11) is 0. The summed E-state index contributed by atoms with van der Waals surface area (Å²) in [5.41, 5.74) is 0.270. The summed E-state index contributed by atoms with van der Waals surface area (Å²) >= 11 is 0. The highest BCUT2D eigenvalue weighted by Crippen LogP contribution is 2.08. The SMILES string of the molecule is N#Cc1c[nH]c([N+](=O)[O-])c1. The van der Waals surface area contributed by atoms with Crippen LogP contribution in [-0.4, -0.2) is 9.91 Å². The number of nitrogens with one attached hydrogen (secondary N) is 1. The minimum atomic E-state index is -0.582. The first-order valence-corrected chi connectivity index (χ1v) is 2.47. The van der Waals surface area contributed by atoms with Crippen molar-refractivity contribution in [2.24, 2.45) is 0 Å². The van der Waals surface area contributed by atoms with Crippen molar-refractivity contribution in [3.8, 4) is 6.07 Å². The van der Waals surface area contributed by atoms with Gasteiger partial charge in [-0.3, -0.25) is 0 Å². The average Bonchev–Trinajstić information content (AvgIpc) is 2.34. The molecule has 0 radical (unpaired) electrons. The van der Waals surface area contributed by atoms with E-state index in [1.54, 1.807) is 6.07 Å². The highest BCUT2D eigenvalue weighted by atomic mass is 16.6. The Hall–Kier alpha value is -1.83. The second-order valence-corrected chi connectivity index (χ2v) is 1.64. The van der Waals surface area contributed by atoms with Gasteiger partial charge < -0.3 is 10.1 Å². The number of rotatable bonds is 1. The van der Waals surface area contributed by atoms with Crippen LogP contribution in [0.25, 0.3) is 0 Å². The standard InChI is InChI=1S/C5H3N3O2/c6-2-4-1-5(7-3-4)8(9)10/h1,3,7H. The maximum Gasteiger partial charge on any atom is 0.322 e. The highest BCUT2D eigenvalue weighted by molar-refractivity contribution is 5.35. The van der Waals surface area contributed by atoms with E-state index in [1.807, 2.05) is 0 Å². The number of hydrogen-bond donors (Lipinski definition) is 1. The molecular weight excluding hydrogens is 134 g/mol. The van der Waals surface area contributed by atoms with E-state index in [1.165, 1.54) is 12.3 Å². The summed E-state index contributed by atoms with van der Waals surface area (Å²) in [4.78, 5) is 11.7. The van der Waals surface area contributed by atoms with Crippen LogP contribution in [0.3, 0.4) is 0 Å². The number of H-pyrrole nitrogens is 1. The van der Waals surface area contributed by atoms with Crippen molar-refractivity contribution < 1.29 is 4.92 Å². The van der Waals surface area contributed by atoms with Gasteiger partial charge in [-0.05, 0) is 4.92 Å². The van der Waals surface area contributed by atoms with Gasteiger partial charge in [-0.15, -0.1) is 0 Å². The molecule has 5 heteroatoms. The zero-order valence-corrected chi connectivity index (χ0v) is 4.87. The Kier molecular flexibility index (Phi) is 1.38. The van der Waals surface area contributed by atoms with Crippen LogP contribution in [0.5, 0.6) is 0 Å². The molecule has 0 aliphatic heterocycles. The Bertz CT molecular complexity index is 296. The molecule has 1 N–H and O–H groups in total. The van der Waals surface area contributed by atoms with Crippen molar-refractivity contribution in [3.05, 3.63) is 27.9 Å². The van der Waals surface area contributed by atoms with Crippen LogP contribution in [0.2, 0.25) is 0 Å². The molecule has 0 unspecified atom stereocenters. The van der Waals surface area contributed by atoms with E-state index in [9.17, 15) is 10.1 Å². The van der Waals surface area contributed by atoms with Gasteiger partial charge in [-0.2, -0.15) is 5.26 Å². The Balaban J connectivity index is 3.02. The summed E-state index contributed by atoms with van der Waals surface area (Å²) in [6.45, 7) is 0. The predicted molar refractivity (Wildman–Crippen MR) is 32.2 cm³/mol. The molecule has 0 amide bonds. The van der Waals surface area contributed by atoms with E-state index in [2.05, 4.69) is 4.98 Å². The smallest absolute Gasteiger partial charge is 0.322 e. The number of hydrogen-bond acceptors (Lipinski definition) is 3. The van der Waals surface area contributed by atoms with Crippen molar-refractivity contribution in [1.82, 2.24) is 4.98 Å². The van der Waals surface area contributed by atoms with Crippen molar-refractivity contribution >= 4 is 5.82 Å². The normalized spacial score (nSPS) is 8.70. The maximum absolute atomic E-state index is 10.00. The van der Waals surface area contributed by atoms with Gasteiger partial charge in [-0.1, -0.05) is 0 Å². The first-order valence-electron chi connectivity index (χ1n) is 2.47. The minimum Gasteiger partial charge on any atom is -0.358 e. The number of aromatic nitrogens is 1. The van der Waals surface area contributed by atoms with E-state index in [0.29, 0.717) is 0 Å². The highest BCUT2D eigenvalue weighted by Gasteiger charge is 2.05. The number of nitro groups is 1. The van der Waals surface area contributed by atoms with Crippen LogP contribution in [0.15, 0.2) is 12.3 Å². The average molecular weight is 137 g/mol. The van der Waals surface area contributed by atoms with Gasteiger partial charge in [0.15, 0.2) is 0 Å². The quantitative estimate of drug-likeness (QED) is 0.458. The van der Waals surface area contributed by atoms with Gasteiger partial charge in [0, 0.05) is 0 Å². The van der Waals surface area contributed by atoms with Crippen LogP contribution < -0.4 is 0 Å². The van der Waals surface area contributed by atoms with Crippen LogP contribution in [0.4, 0.5) is 5.82 Å². The Labute approximate surface area is 56.1 Å². The molecule has 0 atom stereocenters. The predicted octanol–water partition coefficient (Wildman–Crippen LogP) is 0.795. The molecule has 50 valence electrons. The second-order valence-electron chi connectivity index (χ2n) is 1.64. The van der Waals surface area contributed by atoms with Gasteiger partial charge in [0.2, 0.25) is 0 Å². The Morgan fingerprint density at radius 2 is 2.50 bits per heavy atom. The summed E-state index contributed by atoms with van der Waals surface area (Å²) in [5, 5.41) is 18.2. The molecule has 0 saturated heterocycles. The molecule has 0 aromatic carbocycles. The zero-order valence-electron chi connectivity index (χ0n) is 4.87. The number of nitriles is 1. The largest absolute Gasteiger partial charge is 0.358 e. The third-order valence-corrected chi connectivity index (χ3v) is 0.994. The summed E-state index contributed by atoms with van der Waals surface area (Å²) < 4.78 is 0. The molecule has 0 bridgehead atoms. The first-order chi connectivity index (χ1) is 4.74. The van der Waals surface area contributed by atoms with Crippen molar-refractivity contribution in [2.75, 3.05) is 0 Å². The van der Waals surface area contributed by atoms with E-state index in [0.717, 1.165) is 0 Å². The molecule has 0 aliphatic carbocycles. The molecule has 0 aliphatic rings. The molecule has 1 aromatic rings. The van der Waals surface area contributed by atoms with Crippen molar-refractivity contribution in [3.63, 3.8) is 0 Å². The third kappa shape index (κ3) is 0.951. The van der Waals surface area contributed by atoms with Gasteiger partial charge in [0.25, 0.3) is 0 Å². The van der Waals surface area contributed by atoms with Crippen LogP contribution in [0.1, 0.15) is 5.56 Å². The molecular formula is C5H3N3O2. The Morgan fingerprint density at radius 3 is 2.80 bits per heavy atom. The molecule has 10 heavy (non-hydrogen) atoms. The summed E-state index contributed by atoms with van der Waals surface area (Å²) in [6, 6.07) is 2.95. The van der Waals surface area contributed by atoms with Crippen LogP contribution in [-0.2, 0) is 0 Å².